The first kappa shape index (κ1) is 9.50. The molecule has 12 heavy (non-hydrogen) atoms. The van der Waals surface area contributed by atoms with Crippen molar-refractivity contribution in [2.45, 2.75) is 39.5 Å². The minimum atomic E-state index is 0.570. The van der Waals surface area contributed by atoms with Crippen LogP contribution in [0.15, 0.2) is 12.2 Å². The molecule has 0 spiro atoms. The van der Waals surface area contributed by atoms with Crippen LogP contribution in [0.2, 0.25) is 0 Å². The van der Waals surface area contributed by atoms with Crippen LogP contribution in [0.1, 0.15) is 39.5 Å². The van der Waals surface area contributed by atoms with Crippen LogP contribution in [-0.4, -0.2) is 5.71 Å². The maximum atomic E-state index is 7.54. The third-order valence-electron chi connectivity index (χ3n) is 3.04. The van der Waals surface area contributed by atoms with E-state index in [1.807, 2.05) is 6.92 Å². The lowest BCUT2D eigenvalue weighted by molar-refractivity contribution is 0.358. The second kappa shape index (κ2) is 3.88. The summed E-state index contributed by atoms with van der Waals surface area (Å²) < 4.78 is 0. The highest BCUT2D eigenvalue weighted by Crippen LogP contribution is 2.32. The van der Waals surface area contributed by atoms with Gasteiger partial charge in [0.05, 0.1) is 0 Å². The molecule has 1 saturated carbocycles. The Bertz CT molecular complexity index is 163. The molecular weight excluding hydrogens is 146 g/mol. The average molecular weight is 165 g/mol. The third kappa shape index (κ3) is 2.20. The Kier molecular flexibility index (Phi) is 3.07. The average Bonchev–Trinajstić information content (AvgIpc) is 2.04. The molecule has 68 valence electrons. The van der Waals surface area contributed by atoms with Gasteiger partial charge in [-0.3, -0.25) is 0 Å². The van der Waals surface area contributed by atoms with Crippen LogP contribution in [0.5, 0.6) is 0 Å². The molecule has 0 unspecified atom stereocenters. The van der Waals surface area contributed by atoms with E-state index >= 15 is 0 Å². The summed E-state index contributed by atoms with van der Waals surface area (Å²) in [6, 6.07) is 0. The van der Waals surface area contributed by atoms with E-state index in [9.17, 15) is 0 Å². The molecule has 1 aliphatic carbocycles. The molecule has 1 N–H and O–H groups in total. The Morgan fingerprint density at radius 1 is 1.08 bits per heavy atom. The lowest BCUT2D eigenvalue weighted by Gasteiger charge is -2.28. The van der Waals surface area contributed by atoms with Crippen molar-refractivity contribution in [2.24, 2.45) is 11.8 Å². The van der Waals surface area contributed by atoms with Crippen LogP contribution in [0.25, 0.3) is 0 Å². The highest BCUT2D eigenvalue weighted by Gasteiger charge is 2.22. The van der Waals surface area contributed by atoms with Gasteiger partial charge in [-0.1, -0.05) is 12.2 Å². The van der Waals surface area contributed by atoms with E-state index in [0.29, 0.717) is 5.92 Å². The van der Waals surface area contributed by atoms with Gasteiger partial charge in [-0.05, 0) is 51.4 Å². The second-order valence-corrected chi connectivity index (χ2v) is 4.08. The monoisotopic (exact) mass is 165 g/mol. The molecule has 0 aromatic carbocycles. The van der Waals surface area contributed by atoms with Crippen LogP contribution in [0.3, 0.4) is 0 Å². The molecule has 1 nitrogen and oxygen atoms in total. The largest absolute Gasteiger partial charge is 0.310 e. The highest BCUT2D eigenvalue weighted by atomic mass is 14.4. The number of nitrogens with one attached hydrogen (secondary N) is 1. The van der Waals surface area contributed by atoms with Crippen molar-refractivity contribution in [2.75, 3.05) is 0 Å². The van der Waals surface area contributed by atoms with Crippen molar-refractivity contribution >= 4 is 5.71 Å². The molecule has 1 fully saturated rings. The smallest absolute Gasteiger partial charge is 0.00891 e. The van der Waals surface area contributed by atoms with Crippen molar-refractivity contribution < 1.29 is 0 Å². The van der Waals surface area contributed by atoms with Crippen LogP contribution in [0, 0.1) is 17.2 Å². The van der Waals surface area contributed by atoms with E-state index in [-0.39, 0.29) is 0 Å². The predicted molar refractivity (Wildman–Crippen MR) is 53.7 cm³/mol. The summed E-state index contributed by atoms with van der Waals surface area (Å²) in [6.45, 7) is 8.06. The Hall–Kier alpha value is -0.590. The fourth-order valence-corrected chi connectivity index (χ4v) is 2.02. The topological polar surface area (TPSA) is 23.9 Å². The zero-order valence-corrected chi connectivity index (χ0v) is 8.19. The van der Waals surface area contributed by atoms with E-state index in [2.05, 4.69) is 13.5 Å². The van der Waals surface area contributed by atoms with Gasteiger partial charge >= 0.3 is 0 Å². The highest BCUT2D eigenvalue weighted by molar-refractivity contribution is 5.81. The molecule has 0 atom stereocenters. The van der Waals surface area contributed by atoms with Gasteiger partial charge in [0.2, 0.25) is 0 Å². The van der Waals surface area contributed by atoms with Gasteiger partial charge in [0.25, 0.3) is 0 Å². The Balaban J connectivity index is 2.39. The molecular formula is C11H19N. The van der Waals surface area contributed by atoms with Crippen molar-refractivity contribution in [3.63, 3.8) is 0 Å². The van der Waals surface area contributed by atoms with Gasteiger partial charge in [0.15, 0.2) is 0 Å². The van der Waals surface area contributed by atoms with E-state index in [1.165, 1.54) is 31.3 Å². The molecule has 0 heterocycles. The maximum absolute atomic E-state index is 7.54. The Morgan fingerprint density at radius 2 is 1.50 bits per heavy atom. The molecule has 0 aliphatic heterocycles. The molecule has 0 bridgehead atoms. The standard InChI is InChI=1S/C11H19N/c1-8(2)10-4-6-11(7-5-10)9(3)12/h10-12H,1,4-7H2,2-3H3. The zero-order chi connectivity index (χ0) is 9.14. The van der Waals surface area contributed by atoms with E-state index in [0.717, 1.165) is 11.6 Å². The molecule has 1 heteroatoms. The van der Waals surface area contributed by atoms with Gasteiger partial charge in [-0.25, -0.2) is 0 Å². The van der Waals surface area contributed by atoms with E-state index in [1.54, 1.807) is 0 Å². The van der Waals surface area contributed by atoms with E-state index < -0.39 is 0 Å². The SMILES string of the molecule is C=C(C)C1CCC(C(C)=N)CC1. The predicted octanol–water partition coefficient (Wildman–Crippen LogP) is 3.41. The summed E-state index contributed by atoms with van der Waals surface area (Å²) in [5, 5.41) is 7.54. The van der Waals surface area contributed by atoms with Crippen molar-refractivity contribution in [1.29, 1.82) is 5.41 Å². The number of hydrogen-bond acceptors (Lipinski definition) is 1. The first-order valence-corrected chi connectivity index (χ1v) is 4.81. The normalized spacial score (nSPS) is 29.8. The van der Waals surface area contributed by atoms with Gasteiger partial charge in [0.1, 0.15) is 0 Å². The van der Waals surface area contributed by atoms with Gasteiger partial charge in [-0.15, -0.1) is 0 Å². The number of hydrogen-bond donors (Lipinski definition) is 1. The summed E-state index contributed by atoms with van der Waals surface area (Å²) in [4.78, 5) is 0. The first-order valence-electron chi connectivity index (χ1n) is 4.81. The third-order valence-corrected chi connectivity index (χ3v) is 3.04. The quantitative estimate of drug-likeness (QED) is 0.479. The van der Waals surface area contributed by atoms with Crippen molar-refractivity contribution in [1.82, 2.24) is 0 Å². The maximum Gasteiger partial charge on any atom is 0.00891 e. The molecule has 1 rings (SSSR count). The lowest BCUT2D eigenvalue weighted by Crippen LogP contribution is -2.19. The minimum absolute atomic E-state index is 0.570. The van der Waals surface area contributed by atoms with Gasteiger partial charge < -0.3 is 5.41 Å². The molecule has 0 aromatic heterocycles. The summed E-state index contributed by atoms with van der Waals surface area (Å²) in [7, 11) is 0. The number of rotatable bonds is 2. The zero-order valence-electron chi connectivity index (χ0n) is 8.19. The van der Waals surface area contributed by atoms with Crippen LogP contribution in [-0.2, 0) is 0 Å². The summed E-state index contributed by atoms with van der Waals surface area (Å²) in [5.74, 6) is 1.31. The molecule has 1 aliphatic rings. The van der Waals surface area contributed by atoms with Crippen LogP contribution >= 0.6 is 0 Å². The summed E-state index contributed by atoms with van der Waals surface area (Å²) >= 11 is 0. The molecule has 0 radical (unpaired) electrons. The fraction of sp³-hybridized carbons (Fsp3) is 0.727. The van der Waals surface area contributed by atoms with E-state index in [4.69, 9.17) is 5.41 Å². The lowest BCUT2D eigenvalue weighted by atomic mass is 9.78. The van der Waals surface area contributed by atoms with Crippen LogP contribution in [0.4, 0.5) is 0 Å². The summed E-state index contributed by atoms with van der Waals surface area (Å²) in [6.07, 6.45) is 4.89. The second-order valence-electron chi connectivity index (χ2n) is 4.08. The molecule has 0 aromatic rings. The van der Waals surface area contributed by atoms with Crippen molar-refractivity contribution in [3.8, 4) is 0 Å². The minimum Gasteiger partial charge on any atom is -0.310 e. The number of allylic oxidation sites excluding steroid dienone is 1. The fourth-order valence-electron chi connectivity index (χ4n) is 2.02. The van der Waals surface area contributed by atoms with Crippen LogP contribution < -0.4 is 0 Å². The van der Waals surface area contributed by atoms with Gasteiger partial charge in [0, 0.05) is 5.71 Å². The first-order chi connectivity index (χ1) is 5.61. The Morgan fingerprint density at radius 3 is 1.83 bits per heavy atom. The molecule has 0 saturated heterocycles. The van der Waals surface area contributed by atoms with Gasteiger partial charge in [-0.2, -0.15) is 0 Å². The Labute approximate surface area is 75.4 Å². The molecule has 0 amide bonds. The summed E-state index contributed by atoms with van der Waals surface area (Å²) in [5.41, 5.74) is 2.20. The van der Waals surface area contributed by atoms with Crippen molar-refractivity contribution in [3.05, 3.63) is 12.2 Å².